The number of amides is 3. The summed E-state index contributed by atoms with van der Waals surface area (Å²) in [4.78, 5) is 26.6. The molecule has 0 radical (unpaired) electrons. The fraction of sp³-hybridized carbons (Fsp3) is 0.818. The van der Waals surface area contributed by atoms with Crippen molar-refractivity contribution in [3.63, 3.8) is 0 Å². The minimum Gasteiger partial charge on any atom is -0.368 e. The van der Waals surface area contributed by atoms with Gasteiger partial charge in [-0.25, -0.2) is 4.79 Å². The number of carbonyl (C=O) groups excluding carboxylic acids is 2. The smallest absolute Gasteiger partial charge is 0.320 e. The number of nitrogens with two attached hydrogens (primary N) is 1. The molecular formula is C11H22N4O2. The number of hydrogen-bond donors (Lipinski definition) is 2. The summed E-state index contributed by atoms with van der Waals surface area (Å²) in [6, 6.07) is -0.0156. The van der Waals surface area contributed by atoms with Crippen LogP contribution in [0.1, 0.15) is 20.3 Å². The largest absolute Gasteiger partial charge is 0.368 e. The number of hydrogen-bond acceptors (Lipinski definition) is 3. The molecule has 0 aromatic heterocycles. The molecule has 1 fully saturated rings. The number of urea groups is 1. The summed E-state index contributed by atoms with van der Waals surface area (Å²) < 4.78 is 0. The molecule has 3 amide bonds. The van der Waals surface area contributed by atoms with E-state index in [1.165, 1.54) is 0 Å². The number of nitrogens with zero attached hydrogens (tertiary/aromatic N) is 2. The molecule has 0 spiro atoms. The molecule has 0 aliphatic carbocycles. The van der Waals surface area contributed by atoms with Crippen LogP contribution in [0.25, 0.3) is 0 Å². The second-order valence-corrected chi connectivity index (χ2v) is 4.20. The zero-order valence-electron chi connectivity index (χ0n) is 10.6. The zero-order valence-corrected chi connectivity index (χ0v) is 10.6. The van der Waals surface area contributed by atoms with Crippen LogP contribution in [0.3, 0.4) is 0 Å². The van der Waals surface area contributed by atoms with Gasteiger partial charge in [0, 0.05) is 25.7 Å². The van der Waals surface area contributed by atoms with Crippen LogP contribution in [-0.2, 0) is 4.79 Å². The molecule has 0 bridgehead atoms. The quantitative estimate of drug-likeness (QED) is 0.688. The van der Waals surface area contributed by atoms with Crippen LogP contribution in [-0.4, -0.2) is 60.5 Å². The molecule has 1 aliphatic heterocycles. The lowest BCUT2D eigenvalue weighted by Crippen LogP contribution is -2.51. The highest BCUT2D eigenvalue weighted by molar-refractivity contribution is 5.83. The molecule has 3 N–H and O–H groups in total. The average Bonchev–Trinajstić information content (AvgIpc) is 2.80. The third-order valence-electron chi connectivity index (χ3n) is 3.08. The van der Waals surface area contributed by atoms with E-state index in [1.54, 1.807) is 9.80 Å². The first-order valence-corrected chi connectivity index (χ1v) is 6.14. The third kappa shape index (κ3) is 3.59. The van der Waals surface area contributed by atoms with Crippen molar-refractivity contribution in [2.45, 2.75) is 26.3 Å². The van der Waals surface area contributed by atoms with Crippen molar-refractivity contribution in [1.82, 2.24) is 15.1 Å². The Hall–Kier alpha value is -1.30. The summed E-state index contributed by atoms with van der Waals surface area (Å²) in [5, 5.41) is 3.19. The van der Waals surface area contributed by atoms with Crippen LogP contribution >= 0.6 is 0 Å². The van der Waals surface area contributed by atoms with E-state index in [0.29, 0.717) is 13.1 Å². The summed E-state index contributed by atoms with van der Waals surface area (Å²) in [6.07, 6.45) is 0.875. The van der Waals surface area contributed by atoms with Gasteiger partial charge in [0.05, 0.1) is 0 Å². The maximum Gasteiger partial charge on any atom is 0.320 e. The Morgan fingerprint density at radius 3 is 2.41 bits per heavy atom. The van der Waals surface area contributed by atoms with Gasteiger partial charge in [-0.1, -0.05) is 0 Å². The maximum atomic E-state index is 12.2. The van der Waals surface area contributed by atoms with Gasteiger partial charge in [-0.3, -0.25) is 4.79 Å². The zero-order chi connectivity index (χ0) is 12.8. The van der Waals surface area contributed by atoms with Gasteiger partial charge in [0.15, 0.2) is 0 Å². The minimum atomic E-state index is -0.461. The van der Waals surface area contributed by atoms with Crippen LogP contribution in [0, 0.1) is 0 Å². The Morgan fingerprint density at radius 2 is 2.00 bits per heavy atom. The maximum absolute atomic E-state index is 12.2. The molecule has 0 aromatic carbocycles. The standard InChI is InChI=1S/C11H22N4O2/c1-3-14(4-2)11(17)15(8-10(12)16)9-5-6-13-7-9/h9,13H,3-8H2,1-2H3,(H2,12,16). The molecular weight excluding hydrogens is 220 g/mol. The van der Waals surface area contributed by atoms with Crippen LogP contribution < -0.4 is 11.1 Å². The average molecular weight is 242 g/mol. The number of carbonyl (C=O) groups is 2. The van der Waals surface area contributed by atoms with Gasteiger partial charge in [-0.15, -0.1) is 0 Å². The molecule has 1 saturated heterocycles. The van der Waals surface area contributed by atoms with E-state index < -0.39 is 5.91 Å². The molecule has 98 valence electrons. The molecule has 6 nitrogen and oxygen atoms in total. The van der Waals surface area contributed by atoms with Gasteiger partial charge in [-0.05, 0) is 26.8 Å². The van der Waals surface area contributed by atoms with Gasteiger partial charge >= 0.3 is 6.03 Å². The summed E-state index contributed by atoms with van der Waals surface area (Å²) in [7, 11) is 0. The third-order valence-corrected chi connectivity index (χ3v) is 3.08. The van der Waals surface area contributed by atoms with E-state index in [-0.39, 0.29) is 18.6 Å². The molecule has 1 heterocycles. The number of primary amides is 1. The Balaban J connectivity index is 2.73. The summed E-state index contributed by atoms with van der Waals surface area (Å²) >= 11 is 0. The molecule has 6 heteroatoms. The van der Waals surface area contributed by atoms with Crippen LogP contribution in [0.4, 0.5) is 4.79 Å². The summed E-state index contributed by atoms with van der Waals surface area (Å²) in [5.74, 6) is -0.461. The van der Waals surface area contributed by atoms with E-state index in [9.17, 15) is 9.59 Å². The SMILES string of the molecule is CCN(CC)C(=O)N(CC(N)=O)C1CCNC1. The second kappa shape index (κ2) is 6.44. The van der Waals surface area contributed by atoms with Crippen molar-refractivity contribution in [1.29, 1.82) is 0 Å². The van der Waals surface area contributed by atoms with Crippen LogP contribution in [0.2, 0.25) is 0 Å². The minimum absolute atomic E-state index is 0.00167. The van der Waals surface area contributed by atoms with Gasteiger partial charge in [0.1, 0.15) is 6.54 Å². The van der Waals surface area contributed by atoms with Gasteiger partial charge in [0.2, 0.25) is 5.91 Å². The molecule has 0 saturated carbocycles. The highest BCUT2D eigenvalue weighted by Crippen LogP contribution is 2.11. The lowest BCUT2D eigenvalue weighted by molar-refractivity contribution is -0.119. The van der Waals surface area contributed by atoms with E-state index in [1.807, 2.05) is 13.8 Å². The number of rotatable bonds is 5. The molecule has 17 heavy (non-hydrogen) atoms. The Morgan fingerprint density at radius 1 is 1.35 bits per heavy atom. The Bertz CT molecular complexity index is 273. The van der Waals surface area contributed by atoms with Crippen molar-refractivity contribution in [3.05, 3.63) is 0 Å². The first-order chi connectivity index (χ1) is 8.10. The van der Waals surface area contributed by atoms with E-state index in [0.717, 1.165) is 19.5 Å². The molecule has 1 aliphatic rings. The highest BCUT2D eigenvalue weighted by Gasteiger charge is 2.29. The van der Waals surface area contributed by atoms with Crippen molar-refractivity contribution < 1.29 is 9.59 Å². The second-order valence-electron chi connectivity index (χ2n) is 4.20. The Kier molecular flexibility index (Phi) is 5.21. The first kappa shape index (κ1) is 13.8. The van der Waals surface area contributed by atoms with E-state index in [4.69, 9.17) is 5.73 Å². The monoisotopic (exact) mass is 242 g/mol. The van der Waals surface area contributed by atoms with Crippen molar-refractivity contribution in [3.8, 4) is 0 Å². The van der Waals surface area contributed by atoms with Crippen molar-refractivity contribution in [2.75, 3.05) is 32.7 Å². The fourth-order valence-electron chi connectivity index (χ4n) is 2.10. The van der Waals surface area contributed by atoms with Crippen molar-refractivity contribution in [2.24, 2.45) is 5.73 Å². The van der Waals surface area contributed by atoms with Gasteiger partial charge < -0.3 is 20.9 Å². The van der Waals surface area contributed by atoms with Gasteiger partial charge in [0.25, 0.3) is 0 Å². The predicted molar refractivity (Wildman–Crippen MR) is 65.5 cm³/mol. The van der Waals surface area contributed by atoms with E-state index in [2.05, 4.69) is 5.32 Å². The van der Waals surface area contributed by atoms with Gasteiger partial charge in [-0.2, -0.15) is 0 Å². The molecule has 1 unspecified atom stereocenters. The highest BCUT2D eigenvalue weighted by atomic mass is 16.2. The summed E-state index contributed by atoms with van der Waals surface area (Å²) in [5.41, 5.74) is 5.21. The Labute approximate surface area is 102 Å². The predicted octanol–water partition coefficient (Wildman–Crippen LogP) is -0.403. The topological polar surface area (TPSA) is 78.7 Å². The van der Waals surface area contributed by atoms with Crippen LogP contribution in [0.5, 0.6) is 0 Å². The normalized spacial score (nSPS) is 19.1. The lowest BCUT2D eigenvalue weighted by atomic mass is 10.2. The van der Waals surface area contributed by atoms with Crippen LogP contribution in [0.15, 0.2) is 0 Å². The fourth-order valence-corrected chi connectivity index (χ4v) is 2.10. The first-order valence-electron chi connectivity index (χ1n) is 6.14. The molecule has 1 atom stereocenters. The lowest BCUT2D eigenvalue weighted by Gasteiger charge is -2.32. The molecule has 1 rings (SSSR count). The van der Waals surface area contributed by atoms with Crippen molar-refractivity contribution >= 4 is 11.9 Å². The summed E-state index contributed by atoms with van der Waals surface area (Å²) in [6.45, 7) is 6.76. The molecule has 0 aromatic rings. The number of nitrogens with one attached hydrogen (secondary N) is 1. The van der Waals surface area contributed by atoms with E-state index >= 15 is 0 Å².